The maximum Gasteiger partial charge on any atom is 0.245 e. The fourth-order valence-electron chi connectivity index (χ4n) is 3.27. The van der Waals surface area contributed by atoms with Crippen molar-refractivity contribution in [2.45, 2.75) is 4.90 Å². The van der Waals surface area contributed by atoms with Gasteiger partial charge in [0.2, 0.25) is 15.8 Å². The summed E-state index contributed by atoms with van der Waals surface area (Å²) in [4.78, 5) is 18.6. The molecule has 1 saturated heterocycles. The number of Topliss-reactive ketones (excluding diaryl/α,β-unsaturated/α-hetero) is 1. The van der Waals surface area contributed by atoms with Gasteiger partial charge in [-0.05, 0) is 24.3 Å². The Balaban J connectivity index is 1.48. The minimum atomic E-state index is -3.64. The molecule has 140 valence electrons. The third-order valence-corrected chi connectivity index (χ3v) is 6.64. The zero-order valence-corrected chi connectivity index (χ0v) is 15.4. The quantitative estimate of drug-likeness (QED) is 0.625. The van der Waals surface area contributed by atoms with Crippen LogP contribution in [0.15, 0.2) is 64.2 Å². The number of ketones is 1. The van der Waals surface area contributed by atoms with Crippen LogP contribution in [-0.2, 0) is 10.0 Å². The highest BCUT2D eigenvalue weighted by Crippen LogP contribution is 2.24. The van der Waals surface area contributed by atoms with Crippen LogP contribution >= 0.6 is 0 Å². The van der Waals surface area contributed by atoms with Gasteiger partial charge in [-0.2, -0.15) is 4.31 Å². The van der Waals surface area contributed by atoms with Gasteiger partial charge >= 0.3 is 0 Å². The normalized spacial score (nSPS) is 16.6. The van der Waals surface area contributed by atoms with Crippen LogP contribution in [0.25, 0.3) is 10.9 Å². The van der Waals surface area contributed by atoms with Crippen LogP contribution in [0.5, 0.6) is 0 Å². The molecule has 0 amide bonds. The molecule has 1 aliphatic heterocycles. The molecule has 0 radical (unpaired) electrons. The highest BCUT2D eigenvalue weighted by Gasteiger charge is 2.30. The van der Waals surface area contributed by atoms with Gasteiger partial charge in [0.15, 0.2) is 5.76 Å². The zero-order valence-electron chi connectivity index (χ0n) is 14.6. The topological polar surface area (TPSA) is 83.7 Å². The first-order valence-electron chi connectivity index (χ1n) is 8.69. The van der Waals surface area contributed by atoms with E-state index < -0.39 is 10.0 Å². The number of para-hydroxylation sites is 1. The third kappa shape index (κ3) is 3.51. The van der Waals surface area contributed by atoms with Crippen molar-refractivity contribution in [3.8, 4) is 0 Å². The smallest absolute Gasteiger partial charge is 0.245 e. The largest absolute Gasteiger partial charge is 0.461 e. The molecule has 0 N–H and O–H groups in total. The Morgan fingerprint density at radius 2 is 1.81 bits per heavy atom. The van der Waals surface area contributed by atoms with Crippen molar-refractivity contribution < 1.29 is 17.6 Å². The van der Waals surface area contributed by atoms with Gasteiger partial charge < -0.3 is 4.42 Å². The average molecular weight is 385 g/mol. The molecule has 1 aromatic carbocycles. The number of benzene rings is 1. The van der Waals surface area contributed by atoms with Gasteiger partial charge in [0, 0.05) is 37.8 Å². The number of carbonyl (C=O) groups excluding carboxylic acids is 1. The van der Waals surface area contributed by atoms with E-state index in [1.807, 2.05) is 17.0 Å². The molecule has 0 unspecified atom stereocenters. The van der Waals surface area contributed by atoms with E-state index in [9.17, 15) is 13.2 Å². The molecule has 0 saturated carbocycles. The Bertz CT molecular complexity index is 1050. The Morgan fingerprint density at radius 3 is 2.56 bits per heavy atom. The molecule has 0 bridgehead atoms. The standard InChI is InChI=1S/C19H19N3O4S/c23-16(17-6-3-13-26-17)14-21-9-11-22(12-10-21)27(24,25)18-7-1-4-15-5-2-8-20-19(15)18/h1-8,13H,9-12,14H2. The van der Waals surface area contributed by atoms with Crippen molar-refractivity contribution in [1.29, 1.82) is 0 Å². The molecule has 3 aromatic rings. The van der Waals surface area contributed by atoms with Gasteiger partial charge in [-0.25, -0.2) is 8.42 Å². The van der Waals surface area contributed by atoms with Gasteiger partial charge in [-0.1, -0.05) is 18.2 Å². The van der Waals surface area contributed by atoms with Crippen LogP contribution < -0.4 is 0 Å². The number of aromatic nitrogens is 1. The van der Waals surface area contributed by atoms with E-state index in [2.05, 4.69) is 4.98 Å². The molecule has 2 aromatic heterocycles. The molecule has 27 heavy (non-hydrogen) atoms. The minimum absolute atomic E-state index is 0.102. The molecule has 0 spiro atoms. The lowest BCUT2D eigenvalue weighted by atomic mass is 10.2. The second-order valence-corrected chi connectivity index (χ2v) is 8.32. The minimum Gasteiger partial charge on any atom is -0.461 e. The summed E-state index contributed by atoms with van der Waals surface area (Å²) in [5.74, 6) is 0.224. The third-order valence-electron chi connectivity index (χ3n) is 4.71. The maximum atomic E-state index is 13.1. The van der Waals surface area contributed by atoms with Gasteiger partial charge in [-0.3, -0.25) is 14.7 Å². The first-order chi connectivity index (χ1) is 13.1. The predicted octanol–water partition coefficient (Wildman–Crippen LogP) is 2.02. The maximum absolute atomic E-state index is 13.1. The van der Waals surface area contributed by atoms with Gasteiger partial charge in [0.05, 0.1) is 18.3 Å². The molecule has 0 aliphatic carbocycles. The number of pyridine rings is 1. The number of hydrogen-bond donors (Lipinski definition) is 0. The monoisotopic (exact) mass is 385 g/mol. The fourth-order valence-corrected chi connectivity index (χ4v) is 4.86. The number of carbonyl (C=O) groups is 1. The van der Waals surface area contributed by atoms with Crippen molar-refractivity contribution in [1.82, 2.24) is 14.2 Å². The number of sulfonamides is 1. The molecule has 1 fully saturated rings. The predicted molar refractivity (Wildman–Crippen MR) is 100.0 cm³/mol. The lowest BCUT2D eigenvalue weighted by Gasteiger charge is -2.33. The summed E-state index contributed by atoms with van der Waals surface area (Å²) in [7, 11) is -3.64. The van der Waals surface area contributed by atoms with Crippen LogP contribution in [0.3, 0.4) is 0 Å². The van der Waals surface area contributed by atoms with Crippen molar-refractivity contribution in [3.63, 3.8) is 0 Å². The van der Waals surface area contributed by atoms with Crippen molar-refractivity contribution >= 4 is 26.7 Å². The van der Waals surface area contributed by atoms with Crippen LogP contribution in [0.4, 0.5) is 0 Å². The molecular weight excluding hydrogens is 366 g/mol. The van der Waals surface area contributed by atoms with Crippen molar-refractivity contribution in [2.75, 3.05) is 32.7 Å². The summed E-state index contributed by atoms with van der Waals surface area (Å²) in [6.45, 7) is 1.86. The Kier molecular flexibility index (Phi) is 4.77. The molecule has 7 nitrogen and oxygen atoms in total. The number of rotatable bonds is 5. The van der Waals surface area contributed by atoms with E-state index in [4.69, 9.17) is 4.42 Å². The summed E-state index contributed by atoms with van der Waals surface area (Å²) in [6, 6.07) is 12.1. The summed E-state index contributed by atoms with van der Waals surface area (Å²) in [6.07, 6.45) is 3.06. The van der Waals surface area contributed by atoms with E-state index >= 15 is 0 Å². The SMILES string of the molecule is O=C(CN1CCN(S(=O)(=O)c2cccc3cccnc23)CC1)c1ccco1. The summed E-state index contributed by atoms with van der Waals surface area (Å²) in [5.41, 5.74) is 0.482. The summed E-state index contributed by atoms with van der Waals surface area (Å²) < 4.78 is 32.8. The molecule has 4 rings (SSSR count). The second kappa shape index (κ2) is 7.22. The molecule has 0 atom stereocenters. The lowest BCUT2D eigenvalue weighted by molar-refractivity contribution is 0.0874. The molecule has 8 heteroatoms. The van der Waals surface area contributed by atoms with Gasteiger partial charge in [0.25, 0.3) is 0 Å². The Hall–Kier alpha value is -2.55. The molecule has 3 heterocycles. The van der Waals surface area contributed by atoms with Crippen LogP contribution in [0.2, 0.25) is 0 Å². The van der Waals surface area contributed by atoms with Crippen molar-refractivity contribution in [2.24, 2.45) is 0 Å². The average Bonchev–Trinajstić information content (AvgIpc) is 3.23. The van der Waals surface area contributed by atoms with Crippen LogP contribution in [0.1, 0.15) is 10.6 Å². The number of nitrogens with zero attached hydrogens (tertiary/aromatic N) is 3. The van der Waals surface area contributed by atoms with Gasteiger partial charge in [0.1, 0.15) is 4.90 Å². The number of fused-ring (bicyclic) bond motifs is 1. The molecular formula is C19H19N3O4S. The first-order valence-corrected chi connectivity index (χ1v) is 10.1. The van der Waals surface area contributed by atoms with Gasteiger partial charge in [-0.15, -0.1) is 0 Å². The number of furan rings is 1. The van der Waals surface area contributed by atoms with Crippen LogP contribution in [-0.4, -0.2) is 61.1 Å². The lowest BCUT2D eigenvalue weighted by Crippen LogP contribution is -2.49. The first kappa shape index (κ1) is 17.8. The van der Waals surface area contributed by atoms with E-state index in [0.717, 1.165) is 5.39 Å². The summed E-state index contributed by atoms with van der Waals surface area (Å²) >= 11 is 0. The molecule has 1 aliphatic rings. The summed E-state index contributed by atoms with van der Waals surface area (Å²) in [5, 5.41) is 0.793. The van der Waals surface area contributed by atoms with Crippen LogP contribution in [0, 0.1) is 0 Å². The van der Waals surface area contributed by atoms with E-state index in [1.165, 1.54) is 10.6 Å². The highest BCUT2D eigenvalue weighted by atomic mass is 32.2. The highest BCUT2D eigenvalue weighted by molar-refractivity contribution is 7.89. The number of piperazine rings is 1. The van der Waals surface area contributed by atoms with Crippen molar-refractivity contribution in [3.05, 3.63) is 60.7 Å². The van der Waals surface area contributed by atoms with E-state index in [1.54, 1.807) is 36.5 Å². The second-order valence-electron chi connectivity index (χ2n) is 6.41. The Labute approximate surface area is 157 Å². The fraction of sp³-hybridized carbons (Fsp3) is 0.263. The number of hydrogen-bond acceptors (Lipinski definition) is 6. The Morgan fingerprint density at radius 1 is 1.04 bits per heavy atom. The zero-order chi connectivity index (χ0) is 18.9. The van der Waals surface area contributed by atoms with E-state index in [-0.39, 0.29) is 17.2 Å². The van der Waals surface area contributed by atoms with E-state index in [0.29, 0.717) is 37.5 Å².